The van der Waals surface area contributed by atoms with Crippen LogP contribution in [0, 0.1) is 0 Å². The van der Waals surface area contributed by atoms with Crippen molar-refractivity contribution in [1.29, 1.82) is 0 Å². The van der Waals surface area contributed by atoms with Gasteiger partial charge in [0.2, 0.25) is 0 Å². The van der Waals surface area contributed by atoms with Crippen LogP contribution in [0.3, 0.4) is 0 Å². The van der Waals surface area contributed by atoms with Gasteiger partial charge < -0.3 is 19.6 Å². The van der Waals surface area contributed by atoms with E-state index in [0.29, 0.717) is 46.5 Å². The van der Waals surface area contributed by atoms with Gasteiger partial charge in [-0.15, -0.1) is 0 Å². The maximum atomic E-state index is 13.0. The van der Waals surface area contributed by atoms with E-state index in [4.69, 9.17) is 27.9 Å². The number of nitrogens with zero attached hydrogens (tertiary/aromatic N) is 2. The Hall–Kier alpha value is -2.54. The number of hydrogen-bond acceptors (Lipinski definition) is 5. The van der Waals surface area contributed by atoms with E-state index in [1.807, 2.05) is 25.9 Å². The molecule has 1 aliphatic rings. The number of hydrogen-bond donors (Lipinski definition) is 1. The highest BCUT2D eigenvalue weighted by Gasteiger charge is 2.45. The van der Waals surface area contributed by atoms with E-state index in [1.165, 1.54) is 11.0 Å². The number of ketones is 1. The van der Waals surface area contributed by atoms with E-state index in [0.717, 1.165) is 6.54 Å². The van der Waals surface area contributed by atoms with Gasteiger partial charge >= 0.3 is 0 Å². The van der Waals surface area contributed by atoms with Crippen molar-refractivity contribution in [2.45, 2.75) is 19.4 Å². The highest BCUT2D eigenvalue weighted by molar-refractivity contribution is 6.46. The Kier molecular flexibility index (Phi) is 7.82. The molecule has 32 heavy (non-hydrogen) atoms. The lowest BCUT2D eigenvalue weighted by molar-refractivity contribution is -0.139. The van der Waals surface area contributed by atoms with Crippen LogP contribution in [0.2, 0.25) is 10.0 Å². The van der Waals surface area contributed by atoms with Gasteiger partial charge in [-0.1, -0.05) is 35.3 Å². The molecule has 1 fully saturated rings. The van der Waals surface area contributed by atoms with E-state index in [2.05, 4.69) is 0 Å². The second-order valence-electron chi connectivity index (χ2n) is 7.78. The van der Waals surface area contributed by atoms with Crippen molar-refractivity contribution in [2.75, 3.05) is 33.8 Å². The SMILES string of the molecule is CCOc1ccc(C(O)=C2C(=O)C(=O)N(CCCN(C)C)[C@H]2c2ccc(Cl)cc2)cc1Cl. The molecule has 2 aromatic rings. The van der Waals surface area contributed by atoms with Crippen LogP contribution in [0.5, 0.6) is 5.75 Å². The van der Waals surface area contributed by atoms with Gasteiger partial charge in [0.05, 0.1) is 23.2 Å². The Morgan fingerprint density at radius 1 is 1.12 bits per heavy atom. The van der Waals surface area contributed by atoms with Crippen LogP contribution >= 0.6 is 23.2 Å². The van der Waals surface area contributed by atoms with E-state index < -0.39 is 17.7 Å². The van der Waals surface area contributed by atoms with Crippen molar-refractivity contribution in [3.05, 3.63) is 69.2 Å². The van der Waals surface area contributed by atoms with Crippen molar-refractivity contribution >= 4 is 40.7 Å². The zero-order valence-electron chi connectivity index (χ0n) is 18.3. The minimum atomic E-state index is -0.725. The maximum Gasteiger partial charge on any atom is 0.295 e. The van der Waals surface area contributed by atoms with Crippen molar-refractivity contribution in [3.63, 3.8) is 0 Å². The smallest absolute Gasteiger partial charge is 0.295 e. The van der Waals surface area contributed by atoms with Gasteiger partial charge in [-0.05, 0) is 69.9 Å². The topological polar surface area (TPSA) is 70.1 Å². The summed E-state index contributed by atoms with van der Waals surface area (Å²) >= 11 is 12.3. The molecule has 1 heterocycles. The van der Waals surface area contributed by atoms with Gasteiger partial charge in [-0.25, -0.2) is 0 Å². The number of aliphatic hydroxyl groups excluding tert-OH is 1. The van der Waals surface area contributed by atoms with Crippen molar-refractivity contribution in [3.8, 4) is 5.75 Å². The number of Topliss-reactive ketones (excluding diaryl/α,β-unsaturated/α-hetero) is 1. The molecule has 1 aliphatic heterocycles. The second kappa shape index (κ2) is 10.4. The summed E-state index contributed by atoms with van der Waals surface area (Å²) in [6, 6.07) is 11.0. The van der Waals surface area contributed by atoms with Crippen LogP contribution in [0.4, 0.5) is 0 Å². The van der Waals surface area contributed by atoms with Crippen LogP contribution in [0.15, 0.2) is 48.0 Å². The number of amides is 1. The van der Waals surface area contributed by atoms with Gasteiger partial charge in [0, 0.05) is 17.1 Å². The number of benzene rings is 2. The Bertz CT molecular complexity index is 1030. The van der Waals surface area contributed by atoms with Crippen LogP contribution in [0.25, 0.3) is 5.76 Å². The maximum absolute atomic E-state index is 13.0. The summed E-state index contributed by atoms with van der Waals surface area (Å²) < 4.78 is 5.44. The lowest BCUT2D eigenvalue weighted by Gasteiger charge is -2.26. The summed E-state index contributed by atoms with van der Waals surface area (Å²) in [6.07, 6.45) is 0.680. The van der Waals surface area contributed by atoms with Crippen LogP contribution in [-0.4, -0.2) is 60.4 Å². The third-order valence-electron chi connectivity index (χ3n) is 5.24. The van der Waals surface area contributed by atoms with Gasteiger partial charge in [0.15, 0.2) is 0 Å². The van der Waals surface area contributed by atoms with E-state index in [9.17, 15) is 14.7 Å². The molecule has 2 aromatic carbocycles. The summed E-state index contributed by atoms with van der Waals surface area (Å²) in [5.41, 5.74) is 1.06. The summed E-state index contributed by atoms with van der Waals surface area (Å²) in [5, 5.41) is 12.0. The Morgan fingerprint density at radius 2 is 1.81 bits per heavy atom. The largest absolute Gasteiger partial charge is 0.507 e. The normalized spacial score (nSPS) is 17.9. The zero-order chi connectivity index (χ0) is 23.4. The molecular formula is C24H26Cl2N2O4. The van der Waals surface area contributed by atoms with Crippen LogP contribution < -0.4 is 4.74 Å². The van der Waals surface area contributed by atoms with Crippen molar-refractivity contribution in [2.24, 2.45) is 0 Å². The van der Waals surface area contributed by atoms with Crippen LogP contribution in [-0.2, 0) is 9.59 Å². The number of carbonyl (C=O) groups excluding carboxylic acids is 2. The number of rotatable bonds is 8. The molecule has 1 N–H and O–H groups in total. The minimum absolute atomic E-state index is 0.0300. The molecule has 1 atom stereocenters. The molecule has 0 bridgehead atoms. The highest BCUT2D eigenvalue weighted by Crippen LogP contribution is 2.40. The Labute approximate surface area is 198 Å². The summed E-state index contributed by atoms with van der Waals surface area (Å²) in [7, 11) is 3.89. The molecule has 0 aliphatic carbocycles. The fourth-order valence-corrected chi connectivity index (χ4v) is 4.10. The molecule has 0 saturated carbocycles. The Balaban J connectivity index is 2.08. The molecule has 3 rings (SSSR count). The van der Waals surface area contributed by atoms with Crippen molar-refractivity contribution < 1.29 is 19.4 Å². The molecule has 6 nitrogen and oxygen atoms in total. The molecule has 0 unspecified atom stereocenters. The van der Waals surface area contributed by atoms with Gasteiger partial charge in [-0.3, -0.25) is 9.59 Å². The monoisotopic (exact) mass is 476 g/mol. The minimum Gasteiger partial charge on any atom is -0.507 e. The molecule has 170 valence electrons. The lowest BCUT2D eigenvalue weighted by Crippen LogP contribution is -2.32. The predicted molar refractivity (Wildman–Crippen MR) is 126 cm³/mol. The average Bonchev–Trinajstić information content (AvgIpc) is 3.00. The lowest BCUT2D eigenvalue weighted by atomic mass is 9.95. The number of halogens is 2. The van der Waals surface area contributed by atoms with E-state index in [1.54, 1.807) is 36.4 Å². The zero-order valence-corrected chi connectivity index (χ0v) is 19.8. The van der Waals surface area contributed by atoms with Crippen LogP contribution in [0.1, 0.15) is 30.5 Å². The number of carbonyl (C=O) groups is 2. The number of aliphatic hydroxyl groups is 1. The third-order valence-corrected chi connectivity index (χ3v) is 5.78. The summed E-state index contributed by atoms with van der Waals surface area (Å²) in [6.45, 7) is 3.41. The first-order valence-electron chi connectivity index (χ1n) is 10.4. The summed E-state index contributed by atoms with van der Waals surface area (Å²) in [4.78, 5) is 29.5. The third kappa shape index (κ3) is 5.09. The molecule has 8 heteroatoms. The molecule has 1 amide bonds. The van der Waals surface area contributed by atoms with E-state index in [-0.39, 0.29) is 11.3 Å². The molecule has 1 saturated heterocycles. The fourth-order valence-electron chi connectivity index (χ4n) is 3.74. The standard InChI is InChI=1S/C24H26Cl2N2O4/c1-4-32-19-11-8-16(14-18(19)26)22(29)20-21(15-6-9-17(25)10-7-15)28(24(31)23(20)30)13-5-12-27(2)3/h6-11,14,21,29H,4-5,12-13H2,1-3H3/t21-/m0/s1. The summed E-state index contributed by atoms with van der Waals surface area (Å²) in [5.74, 6) is -1.16. The predicted octanol–water partition coefficient (Wildman–Crippen LogP) is 4.77. The average molecular weight is 477 g/mol. The number of likely N-dealkylation sites (tertiary alicyclic amines) is 1. The first kappa shape index (κ1) is 24.1. The fraction of sp³-hybridized carbons (Fsp3) is 0.333. The van der Waals surface area contributed by atoms with Gasteiger partial charge in [-0.2, -0.15) is 0 Å². The van der Waals surface area contributed by atoms with Crippen molar-refractivity contribution in [1.82, 2.24) is 9.80 Å². The van der Waals surface area contributed by atoms with Gasteiger partial charge in [0.1, 0.15) is 11.5 Å². The molecular weight excluding hydrogens is 451 g/mol. The molecule has 0 radical (unpaired) electrons. The quantitative estimate of drug-likeness (QED) is 0.337. The van der Waals surface area contributed by atoms with Gasteiger partial charge in [0.25, 0.3) is 11.7 Å². The second-order valence-corrected chi connectivity index (χ2v) is 8.62. The molecule has 0 aromatic heterocycles. The highest BCUT2D eigenvalue weighted by atomic mass is 35.5. The Morgan fingerprint density at radius 3 is 2.41 bits per heavy atom. The first-order chi connectivity index (χ1) is 15.2. The van der Waals surface area contributed by atoms with E-state index >= 15 is 0 Å². The molecule has 0 spiro atoms. The number of ether oxygens (including phenoxy) is 1. The first-order valence-corrected chi connectivity index (χ1v) is 11.1.